The normalized spacial score (nSPS) is 40.5. The molecule has 0 aliphatic heterocycles. The van der Waals surface area contributed by atoms with Crippen LogP contribution in [-0.2, 0) is 0 Å². The van der Waals surface area contributed by atoms with Crippen molar-refractivity contribution in [3.05, 3.63) is 53.6 Å². The summed E-state index contributed by atoms with van der Waals surface area (Å²) >= 11 is 0. The van der Waals surface area contributed by atoms with Gasteiger partial charge < -0.3 is 20.4 Å². The fourth-order valence-corrected chi connectivity index (χ4v) is 13.4. The molecule has 5 aliphatic rings. The van der Waals surface area contributed by atoms with Crippen molar-refractivity contribution in [2.24, 2.45) is 56.7 Å². The lowest BCUT2D eigenvalue weighted by Gasteiger charge is -2.72. The molecule has 5 nitrogen and oxygen atoms in total. The molecule has 0 saturated heterocycles. The molecule has 4 saturated carbocycles. The predicted octanol–water partition coefficient (Wildman–Crippen LogP) is 8.55. The second-order valence-electron chi connectivity index (χ2n) is 18.2. The first-order valence-electron chi connectivity index (χ1n) is 18.8. The Labute approximate surface area is 285 Å². The molecule has 9 atom stereocenters. The van der Waals surface area contributed by atoms with Gasteiger partial charge >= 0.3 is 5.97 Å². The van der Waals surface area contributed by atoms with Crippen molar-refractivity contribution in [1.29, 1.82) is 0 Å². The molecule has 0 spiro atoms. The molecule has 260 valence electrons. The van der Waals surface area contributed by atoms with Gasteiger partial charge in [0.05, 0.1) is 12.2 Å². The number of allylic oxidation sites excluding steroid dienone is 3. The third-order valence-corrected chi connectivity index (χ3v) is 15.9. The molecule has 1 aromatic carbocycles. The first-order chi connectivity index (χ1) is 22.1. The van der Waals surface area contributed by atoms with Gasteiger partial charge in [-0.05, 0) is 152 Å². The summed E-state index contributed by atoms with van der Waals surface area (Å²) in [6.07, 6.45) is 14.2. The highest BCUT2D eigenvalue weighted by Gasteiger charge is 2.70. The van der Waals surface area contributed by atoms with E-state index >= 15 is 0 Å². The van der Waals surface area contributed by atoms with E-state index in [2.05, 4.69) is 71.5 Å². The molecule has 0 radical (unpaired) electrons. The third-order valence-electron chi connectivity index (χ3n) is 15.9. The molecule has 0 bridgehead atoms. The van der Waals surface area contributed by atoms with Crippen molar-refractivity contribution in [3.8, 4) is 0 Å². The average Bonchev–Trinajstić information content (AvgIpc) is 3.40. The van der Waals surface area contributed by atoms with Crippen LogP contribution in [0.2, 0.25) is 0 Å². The van der Waals surface area contributed by atoms with Gasteiger partial charge in [0.25, 0.3) is 0 Å². The Morgan fingerprint density at radius 1 is 0.936 bits per heavy atom. The number of carboxylic acids is 1. The summed E-state index contributed by atoms with van der Waals surface area (Å²) in [5, 5.41) is 22.7. The van der Waals surface area contributed by atoms with Gasteiger partial charge in [0.2, 0.25) is 0 Å². The number of nitrogens with one attached hydrogen (secondary N) is 1. The number of fused-ring (bicyclic) bond motifs is 7. The molecule has 4 fully saturated rings. The van der Waals surface area contributed by atoms with Crippen molar-refractivity contribution in [2.75, 3.05) is 39.8 Å². The lowest BCUT2D eigenvalue weighted by Crippen LogP contribution is -2.65. The Hall–Kier alpha value is -1.95. The Balaban J connectivity index is 1.28. The van der Waals surface area contributed by atoms with Crippen LogP contribution in [0.3, 0.4) is 0 Å². The van der Waals surface area contributed by atoms with E-state index in [9.17, 15) is 15.0 Å². The number of benzene rings is 1. The van der Waals surface area contributed by atoms with Crippen LogP contribution < -0.4 is 5.32 Å². The summed E-state index contributed by atoms with van der Waals surface area (Å²) in [5.41, 5.74) is 5.69. The van der Waals surface area contributed by atoms with Crippen LogP contribution in [0, 0.1) is 56.7 Å². The molecule has 0 unspecified atom stereocenters. The van der Waals surface area contributed by atoms with E-state index in [0.717, 1.165) is 38.5 Å². The zero-order valence-electron chi connectivity index (χ0n) is 30.6. The minimum Gasteiger partial charge on any atom is -0.478 e. The number of hydrogen-bond acceptors (Lipinski definition) is 4. The summed E-state index contributed by atoms with van der Waals surface area (Å²) in [6, 6.07) is 7.63. The number of hydrogen-bond donors (Lipinski definition) is 3. The fourth-order valence-electron chi connectivity index (χ4n) is 13.4. The van der Waals surface area contributed by atoms with Gasteiger partial charge in [-0.3, -0.25) is 0 Å². The molecule has 6 rings (SSSR count). The molecule has 47 heavy (non-hydrogen) atoms. The van der Waals surface area contributed by atoms with E-state index in [1.165, 1.54) is 68.1 Å². The number of aliphatic hydroxyl groups is 1. The molecule has 1 aromatic rings. The summed E-state index contributed by atoms with van der Waals surface area (Å²) < 4.78 is 0. The second kappa shape index (κ2) is 12.4. The van der Waals surface area contributed by atoms with E-state index in [-0.39, 0.29) is 17.4 Å². The van der Waals surface area contributed by atoms with Gasteiger partial charge in [0.1, 0.15) is 0 Å². The highest BCUT2D eigenvalue weighted by molar-refractivity contribution is 5.88. The van der Waals surface area contributed by atoms with Crippen LogP contribution in [0.15, 0.2) is 42.5 Å². The zero-order chi connectivity index (χ0) is 34.0. The monoisotopic (exact) mass is 644 g/mol. The quantitative estimate of drug-likeness (QED) is 0.176. The fraction of sp³-hybridized carbons (Fsp3) is 0.738. The molecule has 3 N–H and O–H groups in total. The van der Waals surface area contributed by atoms with Gasteiger partial charge in [0.15, 0.2) is 0 Å². The third kappa shape index (κ3) is 5.40. The SMILES string of the molecule is C=C(C)[C@@H]1CC[C@]2(CNCCN(C)CCO)CC[C@]3(C)[C@H](CC[C@@H]4[C@@]5(C)CC=C(c6ccc(C(=O)O)cc6)C(C)(C)[C@@H]5CC[C@]43C)[C@@H]12. The number of rotatable bonds is 10. The van der Waals surface area contributed by atoms with E-state index in [1.807, 2.05) is 12.1 Å². The summed E-state index contributed by atoms with van der Waals surface area (Å²) in [7, 11) is 2.11. The van der Waals surface area contributed by atoms with Crippen molar-refractivity contribution in [1.82, 2.24) is 10.2 Å². The standard InChI is InChI=1S/C42H64N2O3/c1-28(2)31-15-20-42(27-43-23-24-44(8)25-26-45)22-21-40(6)33(36(31)42)13-14-35-39(5)18-16-32(29-9-11-30(12-10-29)37(46)47)38(3,4)34(39)17-19-41(35,40)7/h9-12,16,31,33-36,43,45H,1,13-15,17-27H2,2-8H3,(H,46,47)/t31-,33+,34-,35+,36+,39-,40+,41+,42+/m0/s1. The minimum absolute atomic E-state index is 0.0337. The van der Waals surface area contributed by atoms with Gasteiger partial charge in [-0.1, -0.05) is 65.0 Å². The number of nitrogens with zero attached hydrogens (tertiary/aromatic N) is 1. The average molecular weight is 645 g/mol. The largest absolute Gasteiger partial charge is 0.478 e. The molecule has 0 amide bonds. The highest BCUT2D eigenvalue weighted by Crippen LogP contribution is 2.77. The number of carboxylic acid groups (broad SMARTS) is 1. The molecular formula is C42H64N2O3. The van der Waals surface area contributed by atoms with Crippen LogP contribution in [0.25, 0.3) is 5.57 Å². The smallest absolute Gasteiger partial charge is 0.335 e. The maximum atomic E-state index is 11.5. The van der Waals surface area contributed by atoms with Crippen LogP contribution in [0.5, 0.6) is 0 Å². The first kappa shape index (κ1) is 34.9. The van der Waals surface area contributed by atoms with Gasteiger partial charge in [-0.15, -0.1) is 0 Å². The van der Waals surface area contributed by atoms with E-state index in [4.69, 9.17) is 0 Å². The molecule has 0 heterocycles. The van der Waals surface area contributed by atoms with Crippen LogP contribution >= 0.6 is 0 Å². The predicted molar refractivity (Wildman–Crippen MR) is 193 cm³/mol. The van der Waals surface area contributed by atoms with Crippen LogP contribution in [0.4, 0.5) is 0 Å². The Morgan fingerprint density at radius 3 is 2.32 bits per heavy atom. The minimum atomic E-state index is -0.859. The van der Waals surface area contributed by atoms with E-state index in [1.54, 1.807) is 12.1 Å². The maximum absolute atomic E-state index is 11.5. The van der Waals surface area contributed by atoms with Crippen molar-refractivity contribution in [3.63, 3.8) is 0 Å². The number of aromatic carboxylic acids is 1. The topological polar surface area (TPSA) is 72.8 Å². The number of likely N-dealkylation sites (N-methyl/N-ethyl adjacent to an activating group) is 1. The lowest BCUT2D eigenvalue weighted by molar-refractivity contribution is -0.225. The van der Waals surface area contributed by atoms with Crippen molar-refractivity contribution in [2.45, 2.75) is 99.3 Å². The van der Waals surface area contributed by atoms with Gasteiger partial charge in [-0.25, -0.2) is 4.79 Å². The zero-order valence-corrected chi connectivity index (χ0v) is 30.6. The van der Waals surface area contributed by atoms with Crippen molar-refractivity contribution < 1.29 is 15.0 Å². The van der Waals surface area contributed by atoms with Crippen LogP contribution in [0.1, 0.15) is 115 Å². The summed E-state index contributed by atoms with van der Waals surface area (Å²) in [6.45, 7) is 24.0. The number of aliphatic hydroxyl groups excluding tert-OH is 1. The Kier molecular flexibility index (Phi) is 9.23. The maximum Gasteiger partial charge on any atom is 0.335 e. The van der Waals surface area contributed by atoms with E-state index < -0.39 is 5.97 Å². The van der Waals surface area contributed by atoms with Gasteiger partial charge in [0, 0.05) is 26.2 Å². The van der Waals surface area contributed by atoms with Crippen LogP contribution in [-0.4, -0.2) is 60.9 Å². The first-order valence-corrected chi connectivity index (χ1v) is 18.8. The Morgan fingerprint density at radius 2 is 1.66 bits per heavy atom. The van der Waals surface area contributed by atoms with Crippen molar-refractivity contribution >= 4 is 11.5 Å². The van der Waals surface area contributed by atoms with Gasteiger partial charge in [-0.2, -0.15) is 0 Å². The molecule has 0 aromatic heterocycles. The van der Waals surface area contributed by atoms with E-state index in [0.29, 0.717) is 45.5 Å². The highest BCUT2D eigenvalue weighted by atomic mass is 16.4. The second-order valence-corrected chi connectivity index (χ2v) is 18.2. The lowest BCUT2D eigenvalue weighted by atomic mass is 9.32. The molecular weight excluding hydrogens is 580 g/mol. The summed E-state index contributed by atoms with van der Waals surface area (Å²) in [4.78, 5) is 13.8. The number of carbonyl (C=O) groups is 1. The summed E-state index contributed by atoms with van der Waals surface area (Å²) in [5.74, 6) is 2.56. The molecule has 5 heteroatoms. The molecule has 5 aliphatic carbocycles. The Bertz CT molecular complexity index is 1380.